The van der Waals surface area contributed by atoms with Crippen molar-refractivity contribution in [2.75, 3.05) is 11.5 Å². The van der Waals surface area contributed by atoms with Gasteiger partial charge in [0, 0.05) is 23.7 Å². The first-order valence-electron chi connectivity index (χ1n) is 13.4. The molecule has 4 rings (SSSR count). The molecule has 0 spiro atoms. The highest BCUT2D eigenvalue weighted by Gasteiger charge is 2.32. The van der Waals surface area contributed by atoms with Crippen molar-refractivity contribution in [2.24, 2.45) is 0 Å². The van der Waals surface area contributed by atoms with E-state index in [2.05, 4.69) is 4.90 Å². The highest BCUT2D eigenvalue weighted by atomic mass is 35.5. The third-order valence-electron chi connectivity index (χ3n) is 6.58. The minimum atomic E-state index is -4.40. The van der Waals surface area contributed by atoms with Crippen LogP contribution in [-0.4, -0.2) is 23.2 Å². The Morgan fingerprint density at radius 3 is 2.31 bits per heavy atom. The largest absolute Gasteiger partial charge is 0.476 e. The Hall–Kier alpha value is -3.56. The maximum absolute atomic E-state index is 13.1. The van der Waals surface area contributed by atoms with E-state index >= 15 is 0 Å². The van der Waals surface area contributed by atoms with Crippen molar-refractivity contribution in [2.45, 2.75) is 59.5 Å². The quantitative estimate of drug-likeness (QED) is 0.166. The predicted octanol–water partition coefficient (Wildman–Crippen LogP) is 9.03. The molecule has 0 aliphatic rings. The van der Waals surface area contributed by atoms with Crippen molar-refractivity contribution in [3.8, 4) is 16.3 Å². The minimum absolute atomic E-state index is 0.266. The zero-order valence-electron chi connectivity index (χ0n) is 24.0. The predicted molar refractivity (Wildman–Crippen MR) is 161 cm³/mol. The number of halogens is 4. The summed E-state index contributed by atoms with van der Waals surface area (Å²) >= 11 is 7.94. The summed E-state index contributed by atoms with van der Waals surface area (Å²) in [6.45, 7) is 10.2. The molecular weight excluding hydrogens is 585 g/mol. The number of hydrogen-bond donors (Lipinski definition) is 0. The fourth-order valence-electron chi connectivity index (χ4n) is 4.40. The molecule has 0 radical (unpaired) electrons. The Balaban J connectivity index is 1.64. The molecule has 0 aliphatic carbocycles. The zero-order chi connectivity index (χ0) is 30.7. The second-order valence-corrected chi connectivity index (χ2v) is 11.7. The number of nitrogens with zero attached hydrogens (tertiary/aromatic N) is 2. The number of hydrogen-bond acceptors (Lipinski definition) is 6. The number of aromatic nitrogens is 1. The van der Waals surface area contributed by atoms with Crippen LogP contribution in [0, 0.1) is 13.8 Å². The van der Waals surface area contributed by atoms with E-state index in [0.717, 1.165) is 39.5 Å². The van der Waals surface area contributed by atoms with Gasteiger partial charge in [-0.1, -0.05) is 65.4 Å². The second-order valence-electron chi connectivity index (χ2n) is 10.4. The maximum Gasteiger partial charge on any atom is 0.416 e. The highest BCUT2D eigenvalue weighted by molar-refractivity contribution is 7.19. The van der Waals surface area contributed by atoms with E-state index in [1.165, 1.54) is 23.5 Å². The number of aryl methyl sites for hydroxylation is 2. The molecule has 4 aromatic rings. The van der Waals surface area contributed by atoms with Gasteiger partial charge in [0.05, 0.1) is 17.9 Å². The number of esters is 1. The summed E-state index contributed by atoms with van der Waals surface area (Å²) in [4.78, 5) is 19.2. The van der Waals surface area contributed by atoms with Crippen LogP contribution in [0.3, 0.4) is 0 Å². The monoisotopic (exact) mass is 616 g/mol. The molecular formula is C32H32ClF3N2O3S. The lowest BCUT2D eigenvalue weighted by molar-refractivity contribution is -0.158. The lowest BCUT2D eigenvalue weighted by atomic mass is 10.1. The number of anilines is 1. The van der Waals surface area contributed by atoms with E-state index in [4.69, 9.17) is 26.1 Å². The molecule has 0 amide bonds. The molecule has 222 valence electrons. The number of ether oxygens (including phenoxy) is 2. The summed E-state index contributed by atoms with van der Waals surface area (Å²) in [5, 5.41) is 2.14. The number of carbonyl (C=O) groups excluding carboxylic acids is 1. The molecule has 0 N–H and O–H groups in total. The lowest BCUT2D eigenvalue weighted by Gasteiger charge is -2.27. The fourth-order valence-corrected chi connectivity index (χ4v) is 5.67. The van der Waals surface area contributed by atoms with Gasteiger partial charge in [-0.2, -0.15) is 13.2 Å². The molecule has 0 atom stereocenters. The summed E-state index contributed by atoms with van der Waals surface area (Å²) in [6, 6.07) is 18.4. The molecule has 1 aromatic heterocycles. The van der Waals surface area contributed by atoms with E-state index in [9.17, 15) is 18.0 Å². The van der Waals surface area contributed by atoms with Crippen molar-refractivity contribution in [3.63, 3.8) is 0 Å². The van der Waals surface area contributed by atoms with Gasteiger partial charge in [0.15, 0.2) is 5.60 Å². The molecule has 0 aliphatic heterocycles. The summed E-state index contributed by atoms with van der Waals surface area (Å²) in [7, 11) is 0. The number of rotatable bonds is 10. The van der Waals surface area contributed by atoms with Gasteiger partial charge >= 0.3 is 12.1 Å². The first-order chi connectivity index (χ1) is 19.8. The van der Waals surface area contributed by atoms with Gasteiger partial charge in [-0.25, -0.2) is 9.78 Å². The van der Waals surface area contributed by atoms with Crippen LogP contribution in [-0.2, 0) is 28.8 Å². The first-order valence-corrected chi connectivity index (χ1v) is 14.6. The highest BCUT2D eigenvalue weighted by Crippen LogP contribution is 2.38. The number of benzene rings is 3. The van der Waals surface area contributed by atoms with Gasteiger partial charge in [0.2, 0.25) is 0 Å². The van der Waals surface area contributed by atoms with E-state index in [-0.39, 0.29) is 6.61 Å². The molecule has 10 heteroatoms. The Labute approximate surface area is 252 Å². The van der Waals surface area contributed by atoms with Gasteiger partial charge in [0.1, 0.15) is 15.8 Å². The normalized spacial score (nSPS) is 11.8. The van der Waals surface area contributed by atoms with Crippen molar-refractivity contribution >= 4 is 33.9 Å². The molecule has 0 bridgehead atoms. The molecule has 1 heterocycles. The van der Waals surface area contributed by atoms with Crippen LogP contribution < -0.4 is 9.64 Å². The van der Waals surface area contributed by atoms with Crippen molar-refractivity contribution in [3.05, 3.63) is 99.7 Å². The maximum atomic E-state index is 13.1. The average molecular weight is 617 g/mol. The van der Waals surface area contributed by atoms with Gasteiger partial charge in [-0.05, 0) is 75.6 Å². The van der Waals surface area contributed by atoms with Gasteiger partial charge < -0.3 is 14.4 Å². The van der Waals surface area contributed by atoms with E-state index in [1.807, 2.05) is 56.3 Å². The summed E-state index contributed by atoms with van der Waals surface area (Å²) in [5.74, 6) is 0.136. The van der Waals surface area contributed by atoms with Crippen LogP contribution >= 0.6 is 22.9 Å². The van der Waals surface area contributed by atoms with Crippen LogP contribution in [0.1, 0.15) is 48.7 Å². The SMILES string of the molecule is CCOC(=O)C(C)(C)Oc1ccc(CN(Cc2ccccc2Cl)c2sc(-c3ccc(C(F)(F)F)cc3)nc2C)cc1C. The number of thiazole rings is 1. The zero-order valence-corrected chi connectivity index (χ0v) is 25.6. The Morgan fingerprint density at radius 2 is 1.69 bits per heavy atom. The molecule has 0 saturated carbocycles. The molecule has 42 heavy (non-hydrogen) atoms. The number of alkyl halides is 3. The van der Waals surface area contributed by atoms with Crippen molar-refractivity contribution < 1.29 is 27.4 Å². The fraction of sp³-hybridized carbons (Fsp3) is 0.312. The summed E-state index contributed by atoms with van der Waals surface area (Å²) in [6.07, 6.45) is -4.40. The van der Waals surface area contributed by atoms with Gasteiger partial charge in [-0.3, -0.25) is 0 Å². The van der Waals surface area contributed by atoms with Crippen molar-refractivity contribution in [1.82, 2.24) is 4.98 Å². The molecule has 0 unspecified atom stereocenters. The molecule has 3 aromatic carbocycles. The summed E-state index contributed by atoms with van der Waals surface area (Å²) in [5.41, 5.74) is 2.30. The first kappa shape index (κ1) is 31.4. The van der Waals surface area contributed by atoms with E-state index in [0.29, 0.717) is 34.4 Å². The minimum Gasteiger partial charge on any atom is -0.476 e. The van der Waals surface area contributed by atoms with E-state index in [1.54, 1.807) is 20.8 Å². The third kappa shape index (κ3) is 7.44. The lowest BCUT2D eigenvalue weighted by Crippen LogP contribution is -2.39. The molecule has 0 saturated heterocycles. The van der Waals surface area contributed by atoms with Crippen LogP contribution in [0.25, 0.3) is 10.6 Å². The standard InChI is InChI=1S/C32H32ClF3N2O3S/c1-6-40-30(39)31(4,5)41-27-16-11-22(17-20(27)2)18-38(19-24-9-7-8-10-26(24)33)29-21(3)37-28(42-29)23-12-14-25(15-13-23)32(34,35)36/h7-17H,6,18-19H2,1-5H3. The molecule has 0 fully saturated rings. The smallest absolute Gasteiger partial charge is 0.416 e. The Morgan fingerprint density at radius 1 is 1.00 bits per heavy atom. The Bertz CT molecular complexity index is 1550. The second kappa shape index (κ2) is 12.8. The number of carbonyl (C=O) groups is 1. The van der Waals surface area contributed by atoms with Gasteiger partial charge in [-0.15, -0.1) is 0 Å². The van der Waals surface area contributed by atoms with E-state index < -0.39 is 23.3 Å². The van der Waals surface area contributed by atoms with Crippen LogP contribution in [0.15, 0.2) is 66.7 Å². The topological polar surface area (TPSA) is 51.7 Å². The third-order valence-corrected chi connectivity index (χ3v) is 8.22. The molecule has 5 nitrogen and oxygen atoms in total. The van der Waals surface area contributed by atoms with Crippen LogP contribution in [0.4, 0.5) is 18.2 Å². The summed E-state index contributed by atoms with van der Waals surface area (Å²) < 4.78 is 50.4. The average Bonchev–Trinajstić information content (AvgIpc) is 3.32. The van der Waals surface area contributed by atoms with Crippen molar-refractivity contribution in [1.29, 1.82) is 0 Å². The van der Waals surface area contributed by atoms with Crippen LogP contribution in [0.2, 0.25) is 5.02 Å². The van der Waals surface area contributed by atoms with Gasteiger partial charge in [0.25, 0.3) is 0 Å². The van der Waals surface area contributed by atoms with Crippen LogP contribution in [0.5, 0.6) is 5.75 Å². The Kier molecular flexibility index (Phi) is 9.53.